The van der Waals surface area contributed by atoms with E-state index in [-0.39, 0.29) is 11.3 Å². The van der Waals surface area contributed by atoms with Gasteiger partial charge in [-0.25, -0.2) is 0 Å². The Bertz CT molecular complexity index is 398. The van der Waals surface area contributed by atoms with Crippen molar-refractivity contribution in [2.24, 2.45) is 5.73 Å². The molecule has 0 bridgehead atoms. The molecule has 2 rings (SSSR count). The summed E-state index contributed by atoms with van der Waals surface area (Å²) in [6.45, 7) is 4.04. The highest BCUT2D eigenvalue weighted by Gasteiger charge is 2.37. The van der Waals surface area contributed by atoms with Gasteiger partial charge in [-0.05, 0) is 62.3 Å². The molecule has 0 radical (unpaired) electrons. The van der Waals surface area contributed by atoms with E-state index in [0.29, 0.717) is 5.02 Å². The molecule has 0 saturated heterocycles. The van der Waals surface area contributed by atoms with Gasteiger partial charge >= 0.3 is 0 Å². The summed E-state index contributed by atoms with van der Waals surface area (Å²) in [7, 11) is 0. The van der Waals surface area contributed by atoms with Crippen LogP contribution in [0.4, 0.5) is 0 Å². The topological polar surface area (TPSA) is 46.2 Å². The van der Waals surface area contributed by atoms with Gasteiger partial charge in [-0.1, -0.05) is 11.6 Å². The highest BCUT2D eigenvalue weighted by molar-refractivity contribution is 6.32. The van der Waals surface area contributed by atoms with Crippen molar-refractivity contribution in [3.8, 4) is 5.75 Å². The van der Waals surface area contributed by atoms with Crippen LogP contribution >= 0.6 is 11.6 Å². The Hall–Kier alpha value is -0.730. The van der Waals surface area contributed by atoms with Crippen LogP contribution < -0.4 is 5.73 Å². The molecule has 1 aromatic carbocycles. The summed E-state index contributed by atoms with van der Waals surface area (Å²) in [5.41, 5.74) is 9.29. The number of aromatic hydroxyl groups is 1. The number of rotatable bonds is 3. The van der Waals surface area contributed by atoms with E-state index in [2.05, 4.69) is 0 Å². The van der Waals surface area contributed by atoms with Gasteiger partial charge in [0, 0.05) is 5.54 Å². The molecule has 0 atom stereocenters. The van der Waals surface area contributed by atoms with E-state index in [1.165, 1.54) is 0 Å². The largest absolute Gasteiger partial charge is 0.506 e. The molecule has 1 aromatic rings. The van der Waals surface area contributed by atoms with Crippen LogP contribution in [0.25, 0.3) is 0 Å². The van der Waals surface area contributed by atoms with Gasteiger partial charge in [-0.3, -0.25) is 0 Å². The van der Waals surface area contributed by atoms with Crippen LogP contribution in [0.2, 0.25) is 5.02 Å². The molecular formula is C13H18ClNO. The van der Waals surface area contributed by atoms with Crippen LogP contribution in [-0.2, 0) is 6.42 Å². The summed E-state index contributed by atoms with van der Waals surface area (Å²) in [4.78, 5) is 0. The summed E-state index contributed by atoms with van der Waals surface area (Å²) in [6.07, 6.45) is 3.95. The van der Waals surface area contributed by atoms with E-state index in [1.807, 2.05) is 19.9 Å². The van der Waals surface area contributed by atoms with Crippen molar-refractivity contribution in [2.75, 3.05) is 0 Å². The molecule has 0 spiro atoms. The Morgan fingerprint density at radius 2 is 2.06 bits per heavy atom. The number of nitrogens with two attached hydrogens (primary N) is 1. The van der Waals surface area contributed by atoms with Gasteiger partial charge in [0.1, 0.15) is 5.75 Å². The number of halogens is 1. The summed E-state index contributed by atoms with van der Waals surface area (Å²) in [5.74, 6) is 0.231. The average molecular weight is 240 g/mol. The molecule has 0 aromatic heterocycles. The first kappa shape index (κ1) is 11.7. The molecule has 1 saturated carbocycles. The molecule has 2 nitrogen and oxygen atoms in total. The second-order valence-corrected chi connectivity index (χ2v) is 5.40. The average Bonchev–Trinajstić information content (AvgIpc) is 2.94. The molecule has 1 aliphatic carbocycles. The fraction of sp³-hybridized carbons (Fsp3) is 0.538. The molecule has 1 fully saturated rings. The van der Waals surface area contributed by atoms with Crippen LogP contribution in [0.1, 0.15) is 36.0 Å². The van der Waals surface area contributed by atoms with Gasteiger partial charge < -0.3 is 10.8 Å². The van der Waals surface area contributed by atoms with Gasteiger partial charge in [0.2, 0.25) is 0 Å². The zero-order valence-corrected chi connectivity index (χ0v) is 10.6. The van der Waals surface area contributed by atoms with Crippen LogP contribution in [0.3, 0.4) is 0 Å². The monoisotopic (exact) mass is 239 g/mol. The van der Waals surface area contributed by atoms with Gasteiger partial charge in [-0.15, -0.1) is 0 Å². The molecule has 3 N–H and O–H groups in total. The fourth-order valence-electron chi connectivity index (χ4n) is 2.02. The molecule has 88 valence electrons. The lowest BCUT2D eigenvalue weighted by molar-refractivity contribution is 0.463. The van der Waals surface area contributed by atoms with E-state index in [9.17, 15) is 5.11 Å². The predicted octanol–water partition coefficient (Wildman–Crippen LogP) is 3.09. The van der Waals surface area contributed by atoms with Crippen molar-refractivity contribution in [1.82, 2.24) is 0 Å². The number of aryl methyl sites for hydroxylation is 1. The number of benzene rings is 1. The summed E-state index contributed by atoms with van der Waals surface area (Å²) < 4.78 is 0. The van der Waals surface area contributed by atoms with Crippen LogP contribution in [0, 0.1) is 13.8 Å². The lowest BCUT2D eigenvalue weighted by atomic mass is 9.96. The Morgan fingerprint density at radius 3 is 2.62 bits per heavy atom. The third-order valence-corrected chi connectivity index (χ3v) is 3.95. The highest BCUT2D eigenvalue weighted by Crippen LogP contribution is 2.39. The van der Waals surface area contributed by atoms with E-state index in [0.717, 1.165) is 42.4 Å². The van der Waals surface area contributed by atoms with Crippen molar-refractivity contribution in [3.05, 3.63) is 27.8 Å². The zero-order chi connectivity index (χ0) is 11.9. The van der Waals surface area contributed by atoms with E-state index in [1.54, 1.807) is 0 Å². The Morgan fingerprint density at radius 1 is 1.44 bits per heavy atom. The first-order valence-corrected chi connectivity index (χ1v) is 6.07. The fourth-order valence-corrected chi connectivity index (χ4v) is 2.29. The minimum absolute atomic E-state index is 0.0229. The van der Waals surface area contributed by atoms with Crippen LogP contribution in [0.5, 0.6) is 5.75 Å². The van der Waals surface area contributed by atoms with Crippen molar-refractivity contribution in [3.63, 3.8) is 0 Å². The van der Waals surface area contributed by atoms with Crippen molar-refractivity contribution < 1.29 is 5.11 Å². The molecule has 16 heavy (non-hydrogen) atoms. The maximum absolute atomic E-state index is 9.95. The first-order chi connectivity index (χ1) is 7.43. The van der Waals surface area contributed by atoms with E-state index < -0.39 is 0 Å². The molecule has 1 aliphatic rings. The zero-order valence-electron chi connectivity index (χ0n) is 9.81. The van der Waals surface area contributed by atoms with Gasteiger partial charge in [-0.2, -0.15) is 0 Å². The molecular weight excluding hydrogens is 222 g/mol. The number of phenols is 1. The lowest BCUT2D eigenvalue weighted by Crippen LogP contribution is -2.22. The minimum atomic E-state index is 0.0229. The van der Waals surface area contributed by atoms with Gasteiger partial charge in [0.25, 0.3) is 0 Å². The maximum atomic E-state index is 9.95. The van der Waals surface area contributed by atoms with Crippen molar-refractivity contribution >= 4 is 11.6 Å². The molecule has 0 aliphatic heterocycles. The third kappa shape index (κ3) is 2.18. The van der Waals surface area contributed by atoms with E-state index >= 15 is 0 Å². The number of hydrogen-bond donors (Lipinski definition) is 2. The molecule has 3 heteroatoms. The second kappa shape index (κ2) is 3.94. The Kier molecular flexibility index (Phi) is 2.89. The predicted molar refractivity (Wildman–Crippen MR) is 67.1 cm³/mol. The van der Waals surface area contributed by atoms with Crippen LogP contribution in [0.15, 0.2) is 6.07 Å². The molecule has 0 heterocycles. The summed E-state index contributed by atoms with van der Waals surface area (Å²) in [5, 5.41) is 10.4. The second-order valence-electron chi connectivity index (χ2n) is 4.99. The number of hydrogen-bond acceptors (Lipinski definition) is 2. The smallest absolute Gasteiger partial charge is 0.137 e. The Labute approximate surface area is 101 Å². The summed E-state index contributed by atoms with van der Waals surface area (Å²) in [6, 6.07) is 1.81. The van der Waals surface area contributed by atoms with E-state index in [4.69, 9.17) is 17.3 Å². The van der Waals surface area contributed by atoms with Crippen molar-refractivity contribution in [2.45, 2.75) is 45.1 Å². The lowest BCUT2D eigenvalue weighted by Gasteiger charge is -2.14. The van der Waals surface area contributed by atoms with Gasteiger partial charge in [0.15, 0.2) is 0 Å². The summed E-state index contributed by atoms with van der Waals surface area (Å²) >= 11 is 5.98. The first-order valence-electron chi connectivity index (χ1n) is 5.69. The minimum Gasteiger partial charge on any atom is -0.506 e. The van der Waals surface area contributed by atoms with Gasteiger partial charge in [0.05, 0.1) is 5.02 Å². The maximum Gasteiger partial charge on any atom is 0.137 e. The van der Waals surface area contributed by atoms with Crippen LogP contribution in [-0.4, -0.2) is 10.6 Å². The quantitative estimate of drug-likeness (QED) is 0.852. The third-order valence-electron chi connectivity index (χ3n) is 3.66. The Balaban J connectivity index is 2.24. The highest BCUT2D eigenvalue weighted by atomic mass is 35.5. The standard InChI is InChI=1S/C13H18ClNO/c1-8-7-11(14)12(16)10(9(8)2)3-4-13(15)5-6-13/h7,16H,3-6,15H2,1-2H3. The number of phenolic OH excluding ortho intramolecular Hbond substituents is 1. The molecule has 0 amide bonds. The van der Waals surface area contributed by atoms with Crippen molar-refractivity contribution in [1.29, 1.82) is 0 Å². The normalized spacial score (nSPS) is 17.5. The SMILES string of the molecule is Cc1cc(Cl)c(O)c(CCC2(N)CC2)c1C. The molecule has 0 unspecified atom stereocenters.